The number of hydrogen-bond acceptors (Lipinski definition) is 3. The van der Waals surface area contributed by atoms with Gasteiger partial charge in [-0.3, -0.25) is 14.4 Å². The van der Waals surface area contributed by atoms with Crippen LogP contribution < -0.4 is 5.32 Å². The van der Waals surface area contributed by atoms with Crippen LogP contribution in [0.5, 0.6) is 0 Å². The van der Waals surface area contributed by atoms with E-state index >= 15 is 0 Å². The summed E-state index contributed by atoms with van der Waals surface area (Å²) in [5.74, 6) is 0.294. The summed E-state index contributed by atoms with van der Waals surface area (Å²) in [4.78, 5) is 13.7. The molecule has 0 saturated carbocycles. The maximum absolute atomic E-state index is 12.1. The van der Waals surface area contributed by atoms with Gasteiger partial charge in [-0.25, -0.2) is 0 Å². The summed E-state index contributed by atoms with van der Waals surface area (Å²) in [6.45, 7) is 4.73. The lowest BCUT2D eigenvalue weighted by Gasteiger charge is -2.15. The van der Waals surface area contributed by atoms with E-state index in [9.17, 15) is 4.79 Å². The molecule has 1 aromatic rings. The summed E-state index contributed by atoms with van der Waals surface area (Å²) in [6, 6.07) is 1.84. The van der Waals surface area contributed by atoms with Gasteiger partial charge in [0.1, 0.15) is 5.70 Å². The zero-order valence-corrected chi connectivity index (χ0v) is 11.5. The molecule has 1 aliphatic rings. The first-order valence-electron chi connectivity index (χ1n) is 5.81. The molecule has 6 heteroatoms. The average molecular weight is 264 g/mol. The molecule has 0 bridgehead atoms. The number of aromatic nitrogens is 2. The van der Waals surface area contributed by atoms with Crippen LogP contribution in [0.1, 0.15) is 19.5 Å². The van der Waals surface area contributed by atoms with E-state index in [4.69, 9.17) is 12.2 Å². The molecule has 0 radical (unpaired) electrons. The molecule has 2 rings (SSSR count). The average Bonchev–Trinajstić information content (AvgIpc) is 2.78. The van der Waals surface area contributed by atoms with Crippen molar-refractivity contribution in [3.63, 3.8) is 0 Å². The summed E-state index contributed by atoms with van der Waals surface area (Å²) >= 11 is 5.16. The molecule has 0 aromatic carbocycles. The predicted molar refractivity (Wildman–Crippen MR) is 73.5 cm³/mol. The fourth-order valence-electron chi connectivity index (χ4n) is 1.76. The van der Waals surface area contributed by atoms with Gasteiger partial charge in [0.2, 0.25) is 0 Å². The number of nitrogens with one attached hydrogen (secondary N) is 1. The van der Waals surface area contributed by atoms with Crippen molar-refractivity contribution in [1.82, 2.24) is 20.0 Å². The van der Waals surface area contributed by atoms with Gasteiger partial charge >= 0.3 is 0 Å². The van der Waals surface area contributed by atoms with Crippen LogP contribution in [-0.2, 0) is 11.8 Å². The highest BCUT2D eigenvalue weighted by Crippen LogP contribution is 2.14. The molecule has 0 unspecified atom stereocenters. The van der Waals surface area contributed by atoms with Gasteiger partial charge in [-0.1, -0.05) is 13.8 Å². The van der Waals surface area contributed by atoms with Crippen molar-refractivity contribution < 1.29 is 4.79 Å². The van der Waals surface area contributed by atoms with Crippen molar-refractivity contribution in [3.05, 3.63) is 23.7 Å². The Morgan fingerprint density at radius 1 is 1.56 bits per heavy atom. The van der Waals surface area contributed by atoms with E-state index in [1.54, 1.807) is 15.7 Å². The molecule has 1 saturated heterocycles. The molecule has 96 valence electrons. The summed E-state index contributed by atoms with van der Waals surface area (Å²) < 4.78 is 1.69. The monoisotopic (exact) mass is 264 g/mol. The van der Waals surface area contributed by atoms with E-state index in [2.05, 4.69) is 24.3 Å². The number of amides is 1. The third kappa shape index (κ3) is 2.59. The molecular weight excluding hydrogens is 248 g/mol. The number of carbonyl (C=O) groups is 1. The van der Waals surface area contributed by atoms with Crippen LogP contribution in [0.4, 0.5) is 0 Å². The smallest absolute Gasteiger partial charge is 0.276 e. The molecule has 1 aromatic heterocycles. The Morgan fingerprint density at radius 2 is 2.28 bits per heavy atom. The van der Waals surface area contributed by atoms with Crippen molar-refractivity contribution >= 4 is 29.3 Å². The summed E-state index contributed by atoms with van der Waals surface area (Å²) in [5, 5.41) is 7.61. The molecule has 1 N–H and O–H groups in total. The summed E-state index contributed by atoms with van der Waals surface area (Å²) in [7, 11) is 1.83. The Hall–Kier alpha value is -1.69. The Labute approximate surface area is 111 Å². The van der Waals surface area contributed by atoms with Gasteiger partial charge in [0.15, 0.2) is 5.11 Å². The normalized spacial score (nSPS) is 18.0. The van der Waals surface area contributed by atoms with Crippen LogP contribution in [0.3, 0.4) is 0 Å². The highest BCUT2D eigenvalue weighted by Gasteiger charge is 2.30. The molecule has 0 atom stereocenters. The van der Waals surface area contributed by atoms with Gasteiger partial charge in [-0.2, -0.15) is 5.10 Å². The van der Waals surface area contributed by atoms with Crippen LogP contribution in [0.2, 0.25) is 0 Å². The van der Waals surface area contributed by atoms with Gasteiger partial charge in [0, 0.05) is 19.8 Å². The number of carbonyl (C=O) groups excluding carboxylic acids is 1. The quantitative estimate of drug-likeness (QED) is 0.657. The lowest BCUT2D eigenvalue weighted by Crippen LogP contribution is -2.33. The predicted octanol–water partition coefficient (Wildman–Crippen LogP) is 1.13. The van der Waals surface area contributed by atoms with E-state index in [-0.39, 0.29) is 5.91 Å². The summed E-state index contributed by atoms with van der Waals surface area (Å²) in [6.07, 6.45) is 3.55. The number of aryl methyl sites for hydroxylation is 1. The van der Waals surface area contributed by atoms with E-state index < -0.39 is 0 Å². The second-order valence-electron chi connectivity index (χ2n) is 4.71. The lowest BCUT2D eigenvalue weighted by molar-refractivity contribution is -0.122. The van der Waals surface area contributed by atoms with Crippen molar-refractivity contribution in [2.75, 3.05) is 6.54 Å². The van der Waals surface area contributed by atoms with Crippen LogP contribution in [-0.4, -0.2) is 32.2 Å². The first-order valence-corrected chi connectivity index (χ1v) is 6.22. The van der Waals surface area contributed by atoms with Gasteiger partial charge in [-0.05, 0) is 30.3 Å². The van der Waals surface area contributed by atoms with E-state index in [0.29, 0.717) is 23.3 Å². The first kappa shape index (κ1) is 12.8. The third-order valence-electron chi connectivity index (χ3n) is 2.54. The first-order chi connectivity index (χ1) is 8.47. The minimum absolute atomic E-state index is 0.0839. The van der Waals surface area contributed by atoms with Crippen molar-refractivity contribution in [3.8, 4) is 0 Å². The Bertz CT molecular complexity index is 518. The van der Waals surface area contributed by atoms with Gasteiger partial charge in [0.05, 0.1) is 5.69 Å². The Morgan fingerprint density at radius 3 is 2.83 bits per heavy atom. The zero-order chi connectivity index (χ0) is 13.3. The molecule has 1 fully saturated rings. The van der Waals surface area contributed by atoms with E-state index in [1.807, 2.05) is 19.3 Å². The second kappa shape index (κ2) is 4.89. The molecule has 2 heterocycles. The van der Waals surface area contributed by atoms with Gasteiger partial charge < -0.3 is 5.32 Å². The topological polar surface area (TPSA) is 50.2 Å². The number of nitrogens with zero attached hydrogens (tertiary/aromatic N) is 3. The van der Waals surface area contributed by atoms with Crippen molar-refractivity contribution in [2.24, 2.45) is 13.0 Å². The van der Waals surface area contributed by atoms with Crippen molar-refractivity contribution in [1.29, 1.82) is 0 Å². The van der Waals surface area contributed by atoms with Crippen molar-refractivity contribution in [2.45, 2.75) is 13.8 Å². The minimum Gasteiger partial charge on any atom is -0.328 e. The molecule has 0 spiro atoms. The number of hydrogen-bond donors (Lipinski definition) is 1. The fourth-order valence-corrected chi connectivity index (χ4v) is 2.03. The standard InChI is InChI=1S/C12H16N4OS/c1-8(2)7-16-11(17)10(13-12(16)18)6-9-4-5-15(3)14-9/h4-6,8H,7H2,1-3H3,(H,13,18)/b10-6+. The lowest BCUT2D eigenvalue weighted by atomic mass is 10.2. The molecule has 18 heavy (non-hydrogen) atoms. The minimum atomic E-state index is -0.0839. The maximum atomic E-state index is 12.1. The Balaban J connectivity index is 2.19. The summed E-state index contributed by atoms with van der Waals surface area (Å²) in [5.41, 5.74) is 1.22. The van der Waals surface area contributed by atoms with E-state index in [0.717, 1.165) is 5.69 Å². The van der Waals surface area contributed by atoms with E-state index in [1.165, 1.54) is 0 Å². The Kier molecular flexibility index (Phi) is 3.47. The maximum Gasteiger partial charge on any atom is 0.276 e. The molecule has 0 aliphatic carbocycles. The van der Waals surface area contributed by atoms with Crippen LogP contribution in [0.15, 0.2) is 18.0 Å². The van der Waals surface area contributed by atoms with Gasteiger partial charge in [0.25, 0.3) is 5.91 Å². The third-order valence-corrected chi connectivity index (χ3v) is 2.86. The van der Waals surface area contributed by atoms with Crippen LogP contribution >= 0.6 is 12.2 Å². The SMILES string of the molecule is CC(C)CN1C(=O)/C(=C\c2ccn(C)n2)NC1=S. The second-order valence-corrected chi connectivity index (χ2v) is 5.10. The number of thiocarbonyl (C=S) groups is 1. The zero-order valence-electron chi connectivity index (χ0n) is 10.7. The highest BCUT2D eigenvalue weighted by molar-refractivity contribution is 7.80. The molecular formula is C12H16N4OS. The molecule has 1 amide bonds. The molecule has 5 nitrogen and oxygen atoms in total. The molecule has 1 aliphatic heterocycles. The van der Waals surface area contributed by atoms with Crippen LogP contribution in [0.25, 0.3) is 6.08 Å². The van der Waals surface area contributed by atoms with Gasteiger partial charge in [-0.15, -0.1) is 0 Å². The number of rotatable bonds is 3. The largest absolute Gasteiger partial charge is 0.328 e. The fraction of sp³-hybridized carbons (Fsp3) is 0.417. The van der Waals surface area contributed by atoms with Crippen LogP contribution in [0, 0.1) is 5.92 Å². The highest BCUT2D eigenvalue weighted by atomic mass is 32.1.